The summed E-state index contributed by atoms with van der Waals surface area (Å²) < 4.78 is 0. The van der Waals surface area contributed by atoms with E-state index in [-0.39, 0.29) is 23.8 Å². The van der Waals surface area contributed by atoms with Gasteiger partial charge in [-0.25, -0.2) is 0 Å². The van der Waals surface area contributed by atoms with E-state index in [2.05, 4.69) is 5.16 Å². The van der Waals surface area contributed by atoms with Crippen LogP contribution in [0.1, 0.15) is 33.1 Å². The molecule has 3 atom stereocenters. The van der Waals surface area contributed by atoms with E-state index < -0.39 is 5.92 Å². The molecule has 1 saturated heterocycles. The zero-order chi connectivity index (χ0) is 13.7. The van der Waals surface area contributed by atoms with Gasteiger partial charge < -0.3 is 20.9 Å². The molecular weight excluding hydrogens is 234 g/mol. The molecule has 1 aliphatic heterocycles. The molecule has 104 valence electrons. The first-order valence-corrected chi connectivity index (χ1v) is 6.45. The van der Waals surface area contributed by atoms with E-state index >= 15 is 0 Å². The van der Waals surface area contributed by atoms with Gasteiger partial charge >= 0.3 is 0 Å². The van der Waals surface area contributed by atoms with Crippen LogP contribution < -0.4 is 5.73 Å². The molecule has 0 saturated carbocycles. The predicted octanol–water partition coefficient (Wildman–Crippen LogP) is 0.378. The molecule has 4 N–H and O–H groups in total. The van der Waals surface area contributed by atoms with E-state index in [9.17, 15) is 9.90 Å². The predicted molar refractivity (Wildman–Crippen MR) is 68.2 cm³/mol. The Hall–Kier alpha value is -1.30. The van der Waals surface area contributed by atoms with Crippen LogP contribution in [0, 0.1) is 11.8 Å². The summed E-state index contributed by atoms with van der Waals surface area (Å²) in [6.45, 7) is 4.93. The second kappa shape index (κ2) is 6.58. The molecule has 0 aromatic rings. The molecule has 0 spiro atoms. The lowest BCUT2D eigenvalue weighted by atomic mass is 9.94. The van der Waals surface area contributed by atoms with Crippen molar-refractivity contribution < 1.29 is 15.1 Å². The van der Waals surface area contributed by atoms with Gasteiger partial charge in [0.1, 0.15) is 0 Å². The highest BCUT2D eigenvalue weighted by Gasteiger charge is 2.32. The van der Waals surface area contributed by atoms with Crippen molar-refractivity contribution in [2.45, 2.75) is 39.2 Å². The molecule has 6 heteroatoms. The van der Waals surface area contributed by atoms with Crippen molar-refractivity contribution in [2.24, 2.45) is 22.7 Å². The molecule has 0 radical (unpaired) electrons. The molecule has 1 fully saturated rings. The normalized spacial score (nSPS) is 27.1. The van der Waals surface area contributed by atoms with Gasteiger partial charge in [0.25, 0.3) is 0 Å². The van der Waals surface area contributed by atoms with E-state index in [1.807, 2.05) is 13.8 Å². The van der Waals surface area contributed by atoms with Gasteiger partial charge in [0.2, 0.25) is 5.91 Å². The third-order valence-corrected chi connectivity index (χ3v) is 3.52. The Labute approximate surface area is 107 Å². The maximum absolute atomic E-state index is 12.3. The monoisotopic (exact) mass is 257 g/mol. The minimum Gasteiger partial charge on any atom is -0.409 e. The minimum atomic E-state index is -0.553. The number of oxime groups is 1. The Morgan fingerprint density at radius 3 is 2.78 bits per heavy atom. The lowest BCUT2D eigenvalue weighted by molar-refractivity contribution is -0.137. The number of rotatable bonds is 4. The van der Waals surface area contributed by atoms with Crippen LogP contribution in [0.25, 0.3) is 0 Å². The zero-order valence-electron chi connectivity index (χ0n) is 11.0. The van der Waals surface area contributed by atoms with Gasteiger partial charge in [-0.05, 0) is 18.8 Å². The molecule has 18 heavy (non-hydrogen) atoms. The Balaban J connectivity index is 2.71. The number of hydrogen-bond acceptors (Lipinski definition) is 4. The summed E-state index contributed by atoms with van der Waals surface area (Å²) in [6, 6.07) is 0. The summed E-state index contributed by atoms with van der Waals surface area (Å²) in [7, 11) is 0. The number of carbonyl (C=O) groups is 1. The number of likely N-dealkylation sites (tertiary alicyclic amines) is 1. The molecule has 0 aliphatic carbocycles. The van der Waals surface area contributed by atoms with Gasteiger partial charge in [-0.3, -0.25) is 4.79 Å². The highest BCUT2D eigenvalue weighted by Crippen LogP contribution is 2.20. The molecule has 3 unspecified atom stereocenters. The summed E-state index contributed by atoms with van der Waals surface area (Å²) >= 11 is 0. The molecule has 1 aliphatic rings. The van der Waals surface area contributed by atoms with Crippen molar-refractivity contribution in [1.29, 1.82) is 0 Å². The number of piperidine rings is 1. The summed E-state index contributed by atoms with van der Waals surface area (Å²) in [4.78, 5) is 14.0. The largest absolute Gasteiger partial charge is 0.409 e. The average Bonchev–Trinajstić information content (AvgIpc) is 2.37. The van der Waals surface area contributed by atoms with Crippen molar-refractivity contribution in [1.82, 2.24) is 4.90 Å². The fourth-order valence-corrected chi connectivity index (χ4v) is 2.31. The highest BCUT2D eigenvalue weighted by atomic mass is 16.4. The number of nitrogens with zero attached hydrogens (tertiary/aromatic N) is 2. The molecule has 1 heterocycles. The van der Waals surface area contributed by atoms with Gasteiger partial charge in [-0.15, -0.1) is 0 Å². The number of nitrogens with two attached hydrogens (primary N) is 1. The number of hydrogen-bond donors (Lipinski definition) is 3. The topological polar surface area (TPSA) is 99.2 Å². The average molecular weight is 257 g/mol. The Morgan fingerprint density at radius 2 is 2.28 bits per heavy atom. The van der Waals surface area contributed by atoms with E-state index in [0.29, 0.717) is 25.9 Å². The van der Waals surface area contributed by atoms with Crippen molar-refractivity contribution in [3.05, 3.63) is 0 Å². The zero-order valence-corrected chi connectivity index (χ0v) is 11.0. The highest BCUT2D eigenvalue weighted by molar-refractivity contribution is 6.02. The van der Waals surface area contributed by atoms with Crippen LogP contribution in [0.4, 0.5) is 0 Å². The van der Waals surface area contributed by atoms with Gasteiger partial charge in [0.15, 0.2) is 5.84 Å². The van der Waals surface area contributed by atoms with Crippen LogP contribution in [-0.4, -0.2) is 46.1 Å². The maximum Gasteiger partial charge on any atom is 0.233 e. The van der Waals surface area contributed by atoms with Crippen molar-refractivity contribution >= 4 is 11.7 Å². The van der Waals surface area contributed by atoms with Crippen LogP contribution in [0.15, 0.2) is 5.16 Å². The fourth-order valence-electron chi connectivity index (χ4n) is 2.31. The maximum atomic E-state index is 12.3. The summed E-state index contributed by atoms with van der Waals surface area (Å²) in [6.07, 6.45) is 1.60. The minimum absolute atomic E-state index is 0.0272. The molecule has 1 rings (SSSR count). The summed E-state index contributed by atoms with van der Waals surface area (Å²) in [5, 5.41) is 21.3. The first-order valence-electron chi connectivity index (χ1n) is 6.45. The quantitative estimate of drug-likeness (QED) is 0.293. The smallest absolute Gasteiger partial charge is 0.233 e. The Bertz CT molecular complexity index is 320. The Morgan fingerprint density at radius 1 is 1.61 bits per heavy atom. The standard InChI is InChI=1S/C12H23N3O3/c1-3-4-9(11(13)14-18)12(17)15-6-5-10(16)8(2)7-15/h8-10,16,18H,3-7H2,1-2H3,(H2,13,14). The van der Waals surface area contributed by atoms with Crippen LogP contribution >= 0.6 is 0 Å². The first kappa shape index (κ1) is 14.8. The molecule has 6 nitrogen and oxygen atoms in total. The number of carbonyl (C=O) groups excluding carboxylic acids is 1. The lowest BCUT2D eigenvalue weighted by Crippen LogP contribution is -2.49. The second-order valence-electron chi connectivity index (χ2n) is 4.98. The molecular formula is C12H23N3O3. The molecule has 1 amide bonds. The SMILES string of the molecule is CCCC(C(=O)N1CCC(O)C(C)C1)C(N)=NO. The number of aliphatic hydroxyl groups excluding tert-OH is 1. The van der Waals surface area contributed by atoms with Crippen LogP contribution in [0.2, 0.25) is 0 Å². The third kappa shape index (κ3) is 3.35. The second-order valence-corrected chi connectivity index (χ2v) is 4.98. The van der Waals surface area contributed by atoms with Gasteiger partial charge in [0, 0.05) is 13.1 Å². The van der Waals surface area contributed by atoms with Gasteiger partial charge in [0.05, 0.1) is 12.0 Å². The van der Waals surface area contributed by atoms with Crippen LogP contribution in [0.3, 0.4) is 0 Å². The van der Waals surface area contributed by atoms with E-state index in [1.165, 1.54) is 0 Å². The number of aliphatic hydroxyl groups is 1. The first-order chi connectivity index (χ1) is 8.51. The van der Waals surface area contributed by atoms with Crippen molar-refractivity contribution in [2.75, 3.05) is 13.1 Å². The summed E-state index contributed by atoms with van der Waals surface area (Å²) in [5.41, 5.74) is 5.58. The molecule has 0 aromatic heterocycles. The van der Waals surface area contributed by atoms with E-state index in [1.54, 1.807) is 4.90 Å². The number of amides is 1. The fraction of sp³-hybridized carbons (Fsp3) is 0.833. The third-order valence-electron chi connectivity index (χ3n) is 3.52. The summed E-state index contributed by atoms with van der Waals surface area (Å²) in [5.74, 6) is -0.619. The van der Waals surface area contributed by atoms with Crippen LogP contribution in [0.5, 0.6) is 0 Å². The van der Waals surface area contributed by atoms with Crippen LogP contribution in [-0.2, 0) is 4.79 Å². The van der Waals surface area contributed by atoms with Crippen molar-refractivity contribution in [3.63, 3.8) is 0 Å². The van der Waals surface area contributed by atoms with Crippen molar-refractivity contribution in [3.8, 4) is 0 Å². The molecule has 0 aromatic carbocycles. The van der Waals surface area contributed by atoms with E-state index in [4.69, 9.17) is 10.9 Å². The Kier molecular flexibility index (Phi) is 5.40. The van der Waals surface area contributed by atoms with Gasteiger partial charge in [-0.2, -0.15) is 0 Å². The van der Waals surface area contributed by atoms with E-state index in [0.717, 1.165) is 6.42 Å². The lowest BCUT2D eigenvalue weighted by Gasteiger charge is -2.36. The number of amidine groups is 1. The molecule has 0 bridgehead atoms. The van der Waals surface area contributed by atoms with Gasteiger partial charge in [-0.1, -0.05) is 25.4 Å².